The second-order valence-corrected chi connectivity index (χ2v) is 8.29. The molecule has 2 rings (SSSR count). The lowest BCUT2D eigenvalue weighted by atomic mass is 10.1. The number of benzene rings is 2. The molecule has 0 heterocycles. The molecule has 34 heavy (non-hydrogen) atoms. The van der Waals surface area contributed by atoms with Gasteiger partial charge in [0.2, 0.25) is 0 Å². The van der Waals surface area contributed by atoms with Gasteiger partial charge in [0.1, 0.15) is 5.75 Å². The van der Waals surface area contributed by atoms with Crippen molar-refractivity contribution in [1.82, 2.24) is 5.32 Å². The van der Waals surface area contributed by atoms with Crippen LogP contribution in [-0.4, -0.2) is 49.1 Å². The third kappa shape index (κ3) is 10.8. The molecule has 0 fully saturated rings. The maximum Gasteiger partial charge on any atom is 0.308 e. The molecule has 7 heteroatoms. The van der Waals surface area contributed by atoms with Crippen molar-refractivity contribution in [3.63, 3.8) is 0 Å². The van der Waals surface area contributed by atoms with Gasteiger partial charge in [-0.05, 0) is 49.6 Å². The van der Waals surface area contributed by atoms with E-state index in [9.17, 15) is 15.0 Å². The van der Waals surface area contributed by atoms with E-state index in [4.69, 9.17) is 14.2 Å². The van der Waals surface area contributed by atoms with E-state index < -0.39 is 12.1 Å². The minimum atomic E-state index is -0.697. The fourth-order valence-electron chi connectivity index (χ4n) is 3.56. The number of hydrogen-bond donors (Lipinski definition) is 3. The number of unbranched alkanes of at least 4 members (excludes halogenated alkanes) is 3. The first-order valence-corrected chi connectivity index (χ1v) is 12.1. The number of aliphatic hydroxyl groups excluding tert-OH is 2. The summed E-state index contributed by atoms with van der Waals surface area (Å²) in [7, 11) is 0. The summed E-state index contributed by atoms with van der Waals surface area (Å²) in [6.07, 6.45) is 3.63. The summed E-state index contributed by atoms with van der Waals surface area (Å²) in [5, 5.41) is 23.1. The molecule has 0 saturated carbocycles. The van der Waals surface area contributed by atoms with E-state index in [1.54, 1.807) is 18.2 Å². The van der Waals surface area contributed by atoms with Crippen LogP contribution in [0.5, 0.6) is 5.75 Å². The molecule has 0 radical (unpaired) electrons. The van der Waals surface area contributed by atoms with Crippen LogP contribution in [0.25, 0.3) is 0 Å². The predicted octanol–water partition coefficient (Wildman–Crippen LogP) is 4.08. The maximum absolute atomic E-state index is 11.1. The number of esters is 1. The van der Waals surface area contributed by atoms with E-state index in [1.165, 1.54) is 12.5 Å². The number of carbonyl (C=O) groups is 1. The van der Waals surface area contributed by atoms with Gasteiger partial charge >= 0.3 is 5.97 Å². The molecule has 0 aliphatic heterocycles. The first-order valence-electron chi connectivity index (χ1n) is 12.1. The van der Waals surface area contributed by atoms with Crippen molar-refractivity contribution in [1.29, 1.82) is 0 Å². The van der Waals surface area contributed by atoms with E-state index >= 15 is 0 Å². The molecule has 0 amide bonds. The van der Waals surface area contributed by atoms with Gasteiger partial charge in [0.25, 0.3) is 0 Å². The van der Waals surface area contributed by atoms with Crippen molar-refractivity contribution >= 4 is 5.97 Å². The van der Waals surface area contributed by atoms with Crippen LogP contribution in [-0.2, 0) is 20.9 Å². The second-order valence-electron chi connectivity index (χ2n) is 8.29. The fourth-order valence-corrected chi connectivity index (χ4v) is 3.56. The number of aliphatic hydroxyl groups is 2. The van der Waals surface area contributed by atoms with Gasteiger partial charge in [0.15, 0.2) is 0 Å². The molecular formula is C27H39NO6. The van der Waals surface area contributed by atoms with Crippen LogP contribution in [0.15, 0.2) is 48.5 Å². The van der Waals surface area contributed by atoms with E-state index in [1.807, 2.05) is 18.2 Å². The predicted molar refractivity (Wildman–Crippen MR) is 132 cm³/mol. The van der Waals surface area contributed by atoms with Crippen molar-refractivity contribution in [3.05, 3.63) is 65.2 Å². The number of rotatable bonds is 17. The van der Waals surface area contributed by atoms with Crippen molar-refractivity contribution in [2.45, 2.75) is 58.3 Å². The van der Waals surface area contributed by atoms with Crippen LogP contribution < -0.4 is 10.1 Å². The third-order valence-electron chi connectivity index (χ3n) is 5.49. The highest BCUT2D eigenvalue weighted by molar-refractivity contribution is 5.69. The van der Waals surface area contributed by atoms with Gasteiger partial charge in [-0.15, -0.1) is 0 Å². The summed E-state index contributed by atoms with van der Waals surface area (Å²) in [6.45, 7) is 6.28. The Morgan fingerprint density at radius 1 is 0.971 bits per heavy atom. The molecule has 0 saturated heterocycles. The van der Waals surface area contributed by atoms with E-state index in [0.717, 1.165) is 38.8 Å². The zero-order valence-corrected chi connectivity index (χ0v) is 20.4. The van der Waals surface area contributed by atoms with Crippen LogP contribution in [0, 0.1) is 0 Å². The highest BCUT2D eigenvalue weighted by Crippen LogP contribution is 2.24. The Labute approximate surface area is 203 Å². The Bertz CT molecular complexity index is 829. The van der Waals surface area contributed by atoms with Gasteiger partial charge in [-0.1, -0.05) is 49.2 Å². The topological polar surface area (TPSA) is 97.3 Å². The standard InChI is InChI=1S/C27H39NO6/c1-21(23-10-6-5-7-11-23)33-17-16-32-15-9-4-3-8-14-28-19-26(31)24-12-13-27(34-22(2)30)25(18-24)20-29/h5-7,10-13,18,21,26,28-29,31H,3-4,8-9,14-17,19-20H2,1-2H3/t21-,26+/m1/s1. The lowest BCUT2D eigenvalue weighted by Gasteiger charge is -2.15. The first-order chi connectivity index (χ1) is 16.5. The smallest absolute Gasteiger partial charge is 0.308 e. The normalized spacial score (nSPS) is 12.9. The summed E-state index contributed by atoms with van der Waals surface area (Å²) >= 11 is 0. The van der Waals surface area contributed by atoms with E-state index in [0.29, 0.717) is 36.6 Å². The Balaban J connectivity index is 1.47. The molecule has 188 valence electrons. The average molecular weight is 474 g/mol. The minimum absolute atomic E-state index is 0.0765. The van der Waals surface area contributed by atoms with Crippen molar-refractivity contribution in [2.24, 2.45) is 0 Å². The number of hydrogen-bond acceptors (Lipinski definition) is 7. The van der Waals surface area contributed by atoms with Crippen LogP contribution in [0.1, 0.15) is 68.4 Å². The molecule has 0 aliphatic rings. The highest BCUT2D eigenvalue weighted by atomic mass is 16.5. The number of carbonyl (C=O) groups excluding carboxylic acids is 1. The SMILES string of the molecule is CC(=O)Oc1ccc([C@@H](O)CNCCCCCCOCCO[C@H](C)c2ccccc2)cc1CO. The number of ether oxygens (including phenoxy) is 3. The Kier molecular flexibility index (Phi) is 13.4. The average Bonchev–Trinajstić information content (AvgIpc) is 2.84. The summed E-state index contributed by atoms with van der Waals surface area (Å²) in [4.78, 5) is 11.1. The lowest BCUT2D eigenvalue weighted by molar-refractivity contribution is -0.131. The Hall–Kier alpha value is -2.29. The molecule has 0 spiro atoms. The molecule has 3 N–H and O–H groups in total. The lowest BCUT2D eigenvalue weighted by Crippen LogP contribution is -2.22. The zero-order valence-electron chi connectivity index (χ0n) is 20.4. The first kappa shape index (κ1) is 28.0. The second kappa shape index (κ2) is 16.4. The van der Waals surface area contributed by atoms with Gasteiger partial charge in [0.05, 0.1) is 32.0 Å². The Morgan fingerprint density at radius 3 is 2.47 bits per heavy atom. The summed E-state index contributed by atoms with van der Waals surface area (Å²) in [5.41, 5.74) is 2.33. The summed E-state index contributed by atoms with van der Waals surface area (Å²) < 4.78 is 16.5. The van der Waals surface area contributed by atoms with Crippen molar-refractivity contribution in [2.75, 3.05) is 32.9 Å². The van der Waals surface area contributed by atoms with Gasteiger partial charge in [0, 0.05) is 25.6 Å². The maximum atomic E-state index is 11.1. The summed E-state index contributed by atoms with van der Waals surface area (Å²) in [5.74, 6) is -0.129. The van der Waals surface area contributed by atoms with Crippen molar-refractivity contribution in [3.8, 4) is 5.75 Å². The molecule has 7 nitrogen and oxygen atoms in total. The van der Waals surface area contributed by atoms with Crippen LogP contribution in [0.4, 0.5) is 0 Å². The summed E-state index contributed by atoms with van der Waals surface area (Å²) in [6, 6.07) is 15.1. The van der Waals surface area contributed by atoms with Crippen LogP contribution in [0.3, 0.4) is 0 Å². The quantitative estimate of drug-likeness (QED) is 0.181. The molecule has 2 aromatic carbocycles. The molecule has 0 aromatic heterocycles. The van der Waals surface area contributed by atoms with Gasteiger partial charge in [-0.3, -0.25) is 4.79 Å². The largest absolute Gasteiger partial charge is 0.426 e. The molecule has 2 atom stereocenters. The molecular weight excluding hydrogens is 434 g/mol. The highest BCUT2D eigenvalue weighted by Gasteiger charge is 2.12. The minimum Gasteiger partial charge on any atom is -0.426 e. The molecule has 0 aliphatic carbocycles. The Morgan fingerprint density at radius 2 is 1.74 bits per heavy atom. The van der Waals surface area contributed by atoms with Gasteiger partial charge in [-0.2, -0.15) is 0 Å². The van der Waals surface area contributed by atoms with E-state index in [2.05, 4.69) is 24.4 Å². The molecule has 2 aromatic rings. The van der Waals surface area contributed by atoms with Crippen LogP contribution in [0.2, 0.25) is 0 Å². The molecule has 0 unspecified atom stereocenters. The number of nitrogens with one attached hydrogen (secondary N) is 1. The van der Waals surface area contributed by atoms with Gasteiger partial charge in [-0.25, -0.2) is 0 Å². The van der Waals surface area contributed by atoms with Crippen LogP contribution >= 0.6 is 0 Å². The third-order valence-corrected chi connectivity index (χ3v) is 5.49. The monoisotopic (exact) mass is 473 g/mol. The zero-order chi connectivity index (χ0) is 24.6. The molecule has 0 bridgehead atoms. The van der Waals surface area contributed by atoms with E-state index in [-0.39, 0.29) is 12.7 Å². The fraction of sp³-hybridized carbons (Fsp3) is 0.519. The van der Waals surface area contributed by atoms with Gasteiger partial charge < -0.3 is 29.7 Å². The van der Waals surface area contributed by atoms with Crippen molar-refractivity contribution < 1.29 is 29.2 Å².